The van der Waals surface area contributed by atoms with Crippen molar-refractivity contribution in [3.8, 4) is 0 Å². The lowest BCUT2D eigenvalue weighted by atomic mass is 10.3. The summed E-state index contributed by atoms with van der Waals surface area (Å²) in [6, 6.07) is 0. The standard InChI is InChI=1S/C9H15ClN4O2/c1-4-7-8(14(15)16)9(10)13(11-7)6-5-12(2)3/h4-6H2,1-3H3. The third-order valence-electron chi connectivity index (χ3n) is 2.21. The van der Waals surface area contributed by atoms with Crippen LogP contribution in [-0.4, -0.2) is 40.2 Å². The van der Waals surface area contributed by atoms with Gasteiger partial charge >= 0.3 is 5.69 Å². The molecule has 7 heteroatoms. The fourth-order valence-electron chi connectivity index (χ4n) is 1.34. The number of nitrogens with zero attached hydrogens (tertiary/aromatic N) is 4. The van der Waals surface area contributed by atoms with Crippen molar-refractivity contribution < 1.29 is 4.92 Å². The van der Waals surface area contributed by atoms with Crippen LogP contribution in [0.5, 0.6) is 0 Å². The summed E-state index contributed by atoms with van der Waals surface area (Å²) in [5.74, 6) is 0. The molecule has 1 aromatic heterocycles. The lowest BCUT2D eigenvalue weighted by Gasteiger charge is -2.09. The molecule has 0 atom stereocenters. The third kappa shape index (κ3) is 2.70. The summed E-state index contributed by atoms with van der Waals surface area (Å²) >= 11 is 5.93. The van der Waals surface area contributed by atoms with Gasteiger partial charge in [0.05, 0.1) is 11.5 Å². The zero-order valence-corrected chi connectivity index (χ0v) is 10.4. The number of halogens is 1. The van der Waals surface area contributed by atoms with Gasteiger partial charge in [-0.1, -0.05) is 18.5 Å². The maximum Gasteiger partial charge on any atom is 0.329 e. The van der Waals surface area contributed by atoms with E-state index in [9.17, 15) is 10.1 Å². The van der Waals surface area contributed by atoms with Crippen LogP contribution in [0.25, 0.3) is 0 Å². The Morgan fingerprint density at radius 3 is 2.56 bits per heavy atom. The molecule has 0 saturated heterocycles. The fraction of sp³-hybridized carbons (Fsp3) is 0.667. The molecule has 0 bridgehead atoms. The third-order valence-corrected chi connectivity index (χ3v) is 2.59. The van der Waals surface area contributed by atoms with Crippen LogP contribution in [0.2, 0.25) is 5.15 Å². The van der Waals surface area contributed by atoms with Gasteiger partial charge in [0.15, 0.2) is 0 Å². The van der Waals surface area contributed by atoms with Crippen molar-refractivity contribution in [2.24, 2.45) is 0 Å². The number of aromatic nitrogens is 2. The molecule has 0 unspecified atom stereocenters. The SMILES string of the molecule is CCc1nn(CCN(C)C)c(Cl)c1[N+](=O)[O-]. The number of nitro groups is 1. The molecule has 16 heavy (non-hydrogen) atoms. The molecular weight excluding hydrogens is 232 g/mol. The summed E-state index contributed by atoms with van der Waals surface area (Å²) in [7, 11) is 3.85. The molecule has 90 valence electrons. The lowest BCUT2D eigenvalue weighted by Crippen LogP contribution is -2.19. The Morgan fingerprint density at radius 1 is 1.56 bits per heavy atom. The first-order chi connectivity index (χ1) is 7.47. The van der Waals surface area contributed by atoms with Crippen molar-refractivity contribution in [1.29, 1.82) is 0 Å². The molecule has 0 fully saturated rings. The van der Waals surface area contributed by atoms with Crippen molar-refractivity contribution in [3.05, 3.63) is 21.0 Å². The van der Waals surface area contributed by atoms with Gasteiger partial charge in [0, 0.05) is 6.54 Å². The van der Waals surface area contributed by atoms with E-state index in [0.29, 0.717) is 18.7 Å². The number of rotatable bonds is 5. The molecule has 0 saturated carbocycles. The smallest absolute Gasteiger partial charge is 0.308 e. The van der Waals surface area contributed by atoms with E-state index in [1.807, 2.05) is 25.9 Å². The molecule has 0 aromatic carbocycles. The van der Waals surface area contributed by atoms with Gasteiger partial charge in [-0.15, -0.1) is 0 Å². The molecule has 1 rings (SSSR count). The van der Waals surface area contributed by atoms with Crippen molar-refractivity contribution in [1.82, 2.24) is 14.7 Å². The summed E-state index contributed by atoms with van der Waals surface area (Å²) < 4.78 is 1.48. The number of aryl methyl sites for hydroxylation is 1. The quantitative estimate of drug-likeness (QED) is 0.584. The van der Waals surface area contributed by atoms with E-state index < -0.39 is 4.92 Å². The normalized spacial score (nSPS) is 11.1. The van der Waals surface area contributed by atoms with Gasteiger partial charge < -0.3 is 4.90 Å². The first-order valence-electron chi connectivity index (χ1n) is 5.01. The average Bonchev–Trinajstić information content (AvgIpc) is 2.52. The van der Waals surface area contributed by atoms with E-state index in [0.717, 1.165) is 6.54 Å². The van der Waals surface area contributed by atoms with Crippen LogP contribution in [0.15, 0.2) is 0 Å². The van der Waals surface area contributed by atoms with Gasteiger partial charge in [-0.25, -0.2) is 4.68 Å². The Labute approximate surface area is 98.9 Å². The van der Waals surface area contributed by atoms with Gasteiger partial charge in [0.25, 0.3) is 0 Å². The predicted octanol–water partition coefficient (Wildman–Crippen LogP) is 1.57. The van der Waals surface area contributed by atoms with Crippen LogP contribution in [0.3, 0.4) is 0 Å². The minimum atomic E-state index is -0.472. The molecular formula is C9H15ClN4O2. The molecule has 1 heterocycles. The van der Waals surface area contributed by atoms with Crippen molar-refractivity contribution in [2.75, 3.05) is 20.6 Å². The van der Waals surface area contributed by atoms with Crippen LogP contribution < -0.4 is 0 Å². The Bertz CT molecular complexity index is 389. The summed E-state index contributed by atoms with van der Waals surface area (Å²) in [5, 5.41) is 15.1. The van der Waals surface area contributed by atoms with Crippen LogP contribution in [0, 0.1) is 10.1 Å². The highest BCUT2D eigenvalue weighted by Gasteiger charge is 2.25. The van der Waals surface area contributed by atoms with Crippen molar-refractivity contribution >= 4 is 17.3 Å². The topological polar surface area (TPSA) is 64.2 Å². The zero-order valence-electron chi connectivity index (χ0n) is 9.60. The van der Waals surface area contributed by atoms with Gasteiger partial charge in [-0.3, -0.25) is 10.1 Å². The van der Waals surface area contributed by atoms with E-state index in [1.165, 1.54) is 4.68 Å². The zero-order chi connectivity index (χ0) is 12.3. The Balaban J connectivity index is 2.99. The first kappa shape index (κ1) is 12.9. The van der Waals surface area contributed by atoms with Gasteiger partial charge in [0.1, 0.15) is 5.69 Å². The van der Waals surface area contributed by atoms with E-state index in [4.69, 9.17) is 11.6 Å². The Hall–Kier alpha value is -1.14. The Morgan fingerprint density at radius 2 is 2.19 bits per heavy atom. The minimum absolute atomic E-state index is 0.0667. The highest BCUT2D eigenvalue weighted by molar-refractivity contribution is 6.31. The molecule has 0 radical (unpaired) electrons. The van der Waals surface area contributed by atoms with Crippen molar-refractivity contribution in [3.63, 3.8) is 0 Å². The monoisotopic (exact) mass is 246 g/mol. The second-order valence-corrected chi connectivity index (χ2v) is 4.08. The van der Waals surface area contributed by atoms with Gasteiger partial charge in [-0.05, 0) is 20.5 Å². The second-order valence-electron chi connectivity index (χ2n) is 3.72. The fourth-order valence-corrected chi connectivity index (χ4v) is 1.64. The molecule has 6 nitrogen and oxygen atoms in total. The Kier molecular flexibility index (Phi) is 4.26. The predicted molar refractivity (Wildman–Crippen MR) is 61.8 cm³/mol. The molecule has 0 aliphatic rings. The number of hydrogen-bond donors (Lipinski definition) is 0. The van der Waals surface area contributed by atoms with Crippen LogP contribution >= 0.6 is 11.6 Å². The minimum Gasteiger partial charge on any atom is -0.308 e. The second kappa shape index (κ2) is 5.27. The van der Waals surface area contributed by atoms with Crippen molar-refractivity contribution in [2.45, 2.75) is 19.9 Å². The molecule has 0 aliphatic carbocycles. The highest BCUT2D eigenvalue weighted by atomic mass is 35.5. The van der Waals surface area contributed by atoms with Crippen LogP contribution in [0.1, 0.15) is 12.6 Å². The summed E-state index contributed by atoms with van der Waals surface area (Å²) in [6.07, 6.45) is 0.505. The highest BCUT2D eigenvalue weighted by Crippen LogP contribution is 2.28. The number of hydrogen-bond acceptors (Lipinski definition) is 4. The molecule has 0 N–H and O–H groups in total. The van der Waals surface area contributed by atoms with E-state index in [-0.39, 0.29) is 10.8 Å². The van der Waals surface area contributed by atoms with Gasteiger partial charge in [0.2, 0.25) is 5.15 Å². The molecule has 0 amide bonds. The molecule has 0 aliphatic heterocycles. The average molecular weight is 247 g/mol. The van der Waals surface area contributed by atoms with E-state index >= 15 is 0 Å². The number of likely N-dealkylation sites (N-methyl/N-ethyl adjacent to an activating group) is 1. The first-order valence-corrected chi connectivity index (χ1v) is 5.39. The van der Waals surface area contributed by atoms with E-state index in [1.54, 1.807) is 0 Å². The van der Waals surface area contributed by atoms with Gasteiger partial charge in [-0.2, -0.15) is 5.10 Å². The maximum atomic E-state index is 10.8. The lowest BCUT2D eigenvalue weighted by molar-refractivity contribution is -0.385. The molecule has 0 spiro atoms. The van der Waals surface area contributed by atoms with Crippen LogP contribution in [0.4, 0.5) is 5.69 Å². The summed E-state index contributed by atoms with van der Waals surface area (Å²) in [4.78, 5) is 12.3. The summed E-state index contributed by atoms with van der Waals surface area (Å²) in [6.45, 7) is 3.11. The largest absolute Gasteiger partial charge is 0.329 e. The van der Waals surface area contributed by atoms with E-state index in [2.05, 4.69) is 5.10 Å². The summed E-state index contributed by atoms with van der Waals surface area (Å²) in [5.41, 5.74) is 0.372. The van der Waals surface area contributed by atoms with Crippen LogP contribution in [-0.2, 0) is 13.0 Å². The maximum absolute atomic E-state index is 10.8. The molecule has 1 aromatic rings.